The summed E-state index contributed by atoms with van der Waals surface area (Å²) in [5.74, 6) is 0.268. The second-order valence-electron chi connectivity index (χ2n) is 5.29. The number of fused-ring (bicyclic) bond motifs is 2. The molecule has 0 fully saturated rings. The first kappa shape index (κ1) is 12.8. The summed E-state index contributed by atoms with van der Waals surface area (Å²) in [6.07, 6.45) is 5.44. The number of hydrogen-bond acceptors (Lipinski definition) is 3. The molecule has 22 heavy (non-hydrogen) atoms. The average Bonchev–Trinajstić information content (AvgIpc) is 2.93. The van der Waals surface area contributed by atoms with Crippen molar-refractivity contribution < 1.29 is 4.39 Å². The van der Waals surface area contributed by atoms with Gasteiger partial charge in [0.2, 0.25) is 0 Å². The molecule has 3 aromatic heterocycles. The number of nitrogens with two attached hydrogens (primary N) is 1. The van der Waals surface area contributed by atoms with E-state index in [0.29, 0.717) is 11.2 Å². The highest BCUT2D eigenvalue weighted by Crippen LogP contribution is 2.26. The van der Waals surface area contributed by atoms with Crippen LogP contribution < -0.4 is 5.73 Å². The zero-order chi connectivity index (χ0) is 15.3. The van der Waals surface area contributed by atoms with Crippen molar-refractivity contribution in [2.24, 2.45) is 0 Å². The molecule has 0 unspecified atom stereocenters. The number of rotatable bonds is 1. The molecular weight excluding hydrogens is 279 g/mol. The van der Waals surface area contributed by atoms with E-state index in [1.54, 1.807) is 18.3 Å². The number of pyridine rings is 2. The maximum Gasteiger partial charge on any atom is 0.146 e. The quantitative estimate of drug-likeness (QED) is 0.545. The van der Waals surface area contributed by atoms with Crippen molar-refractivity contribution in [2.45, 2.75) is 6.92 Å². The number of halogens is 1. The third kappa shape index (κ3) is 1.83. The minimum absolute atomic E-state index is 0.145. The van der Waals surface area contributed by atoms with Gasteiger partial charge in [-0.3, -0.25) is 9.55 Å². The van der Waals surface area contributed by atoms with E-state index in [1.807, 2.05) is 36.0 Å². The van der Waals surface area contributed by atoms with E-state index >= 15 is 0 Å². The molecule has 0 atom stereocenters. The smallest absolute Gasteiger partial charge is 0.146 e. The molecule has 5 heteroatoms. The fourth-order valence-corrected chi connectivity index (χ4v) is 2.68. The Morgan fingerprint density at radius 1 is 1.05 bits per heavy atom. The van der Waals surface area contributed by atoms with Gasteiger partial charge in [-0.1, -0.05) is 0 Å². The summed E-state index contributed by atoms with van der Waals surface area (Å²) in [5.41, 5.74) is 7.91. The average molecular weight is 292 g/mol. The van der Waals surface area contributed by atoms with Crippen LogP contribution in [0.3, 0.4) is 0 Å². The van der Waals surface area contributed by atoms with Crippen LogP contribution >= 0.6 is 0 Å². The van der Waals surface area contributed by atoms with Crippen LogP contribution in [0.4, 0.5) is 10.1 Å². The zero-order valence-electron chi connectivity index (χ0n) is 11.9. The van der Waals surface area contributed by atoms with Crippen molar-refractivity contribution in [1.82, 2.24) is 14.5 Å². The van der Waals surface area contributed by atoms with E-state index in [0.717, 1.165) is 22.0 Å². The Morgan fingerprint density at radius 2 is 1.91 bits per heavy atom. The van der Waals surface area contributed by atoms with Crippen LogP contribution in [0.1, 0.15) is 5.69 Å². The lowest BCUT2D eigenvalue weighted by molar-refractivity contribution is 0.634. The van der Waals surface area contributed by atoms with Crippen LogP contribution in [-0.2, 0) is 0 Å². The Balaban J connectivity index is 1.98. The van der Waals surface area contributed by atoms with Gasteiger partial charge in [-0.2, -0.15) is 0 Å². The van der Waals surface area contributed by atoms with Crippen molar-refractivity contribution in [1.29, 1.82) is 0 Å². The first-order valence-electron chi connectivity index (χ1n) is 6.91. The topological polar surface area (TPSA) is 56.7 Å². The fraction of sp³-hybridized carbons (Fsp3) is 0.0588. The Labute approximate surface area is 126 Å². The van der Waals surface area contributed by atoms with Crippen LogP contribution in [0, 0.1) is 12.7 Å². The van der Waals surface area contributed by atoms with Gasteiger partial charge >= 0.3 is 0 Å². The van der Waals surface area contributed by atoms with Gasteiger partial charge in [0.25, 0.3) is 0 Å². The van der Waals surface area contributed by atoms with Crippen LogP contribution in [0.25, 0.3) is 27.5 Å². The maximum absolute atomic E-state index is 13.7. The Morgan fingerprint density at radius 3 is 2.77 bits per heavy atom. The van der Waals surface area contributed by atoms with Crippen LogP contribution in [0.2, 0.25) is 0 Å². The number of benzene rings is 1. The first-order valence-corrected chi connectivity index (χ1v) is 6.91. The van der Waals surface area contributed by atoms with Crippen molar-refractivity contribution in [3.8, 4) is 5.82 Å². The molecule has 0 aliphatic rings. The molecule has 0 saturated heterocycles. The molecule has 4 aromatic rings. The van der Waals surface area contributed by atoms with Crippen LogP contribution in [-0.4, -0.2) is 14.5 Å². The number of anilines is 1. The van der Waals surface area contributed by atoms with Crippen LogP contribution in [0.5, 0.6) is 0 Å². The maximum atomic E-state index is 13.7. The van der Waals surface area contributed by atoms with Gasteiger partial charge in [0.05, 0.1) is 17.4 Å². The zero-order valence-corrected chi connectivity index (χ0v) is 11.9. The second-order valence-corrected chi connectivity index (χ2v) is 5.29. The molecule has 0 spiro atoms. The summed E-state index contributed by atoms with van der Waals surface area (Å²) in [6, 6.07) is 8.85. The lowest BCUT2D eigenvalue weighted by Gasteiger charge is -2.08. The van der Waals surface area contributed by atoms with E-state index in [9.17, 15) is 4.39 Å². The molecule has 3 heterocycles. The summed E-state index contributed by atoms with van der Waals surface area (Å²) in [4.78, 5) is 8.78. The highest BCUT2D eigenvalue weighted by atomic mass is 19.1. The van der Waals surface area contributed by atoms with Crippen molar-refractivity contribution in [3.05, 3.63) is 60.4 Å². The summed E-state index contributed by atoms with van der Waals surface area (Å²) in [7, 11) is 0. The van der Waals surface area contributed by atoms with Gasteiger partial charge in [0.1, 0.15) is 11.6 Å². The van der Waals surface area contributed by atoms with Crippen molar-refractivity contribution in [3.63, 3.8) is 0 Å². The normalized spacial score (nSPS) is 11.4. The number of hydrogen-bond donors (Lipinski definition) is 1. The molecule has 0 aliphatic heterocycles. The van der Waals surface area contributed by atoms with E-state index in [4.69, 9.17) is 5.73 Å². The largest absolute Gasteiger partial charge is 0.396 e. The van der Waals surface area contributed by atoms with E-state index < -0.39 is 5.82 Å². The van der Waals surface area contributed by atoms with Gasteiger partial charge in [-0.25, -0.2) is 9.37 Å². The van der Waals surface area contributed by atoms with Gasteiger partial charge < -0.3 is 5.73 Å². The minimum Gasteiger partial charge on any atom is -0.396 e. The third-order valence-electron chi connectivity index (χ3n) is 3.84. The fourth-order valence-electron chi connectivity index (χ4n) is 2.68. The third-order valence-corrected chi connectivity index (χ3v) is 3.84. The summed E-state index contributed by atoms with van der Waals surface area (Å²) < 4.78 is 15.6. The lowest BCUT2D eigenvalue weighted by Crippen LogP contribution is -1.98. The highest BCUT2D eigenvalue weighted by molar-refractivity contribution is 5.94. The molecule has 4 rings (SSSR count). The van der Waals surface area contributed by atoms with E-state index in [2.05, 4.69) is 9.97 Å². The Hall–Kier alpha value is -2.95. The molecule has 0 radical (unpaired) electrons. The van der Waals surface area contributed by atoms with Gasteiger partial charge in [-0.15, -0.1) is 0 Å². The number of nitrogens with zero attached hydrogens (tertiary/aromatic N) is 3. The van der Waals surface area contributed by atoms with Crippen molar-refractivity contribution in [2.75, 3.05) is 5.73 Å². The molecule has 1 aromatic carbocycles. The minimum atomic E-state index is -0.417. The summed E-state index contributed by atoms with van der Waals surface area (Å²) in [5, 5.41) is 2.56. The molecule has 0 saturated carbocycles. The molecule has 108 valence electrons. The predicted molar refractivity (Wildman–Crippen MR) is 85.5 cm³/mol. The Kier molecular flexibility index (Phi) is 2.63. The number of aryl methyl sites for hydroxylation is 1. The number of nitrogen functional groups attached to an aromatic ring is 1. The summed E-state index contributed by atoms with van der Waals surface area (Å²) >= 11 is 0. The molecular formula is C17H13FN4. The predicted octanol–water partition coefficient (Wildman–Crippen LogP) is 3.60. The molecule has 0 aliphatic carbocycles. The van der Waals surface area contributed by atoms with Gasteiger partial charge in [0.15, 0.2) is 0 Å². The second kappa shape index (κ2) is 4.53. The lowest BCUT2D eigenvalue weighted by atomic mass is 10.1. The van der Waals surface area contributed by atoms with E-state index in [-0.39, 0.29) is 5.69 Å². The van der Waals surface area contributed by atoms with Crippen molar-refractivity contribution >= 4 is 27.4 Å². The molecule has 0 amide bonds. The van der Waals surface area contributed by atoms with Crippen LogP contribution in [0.15, 0.2) is 48.9 Å². The molecule has 2 N–H and O–H groups in total. The SMILES string of the molecule is Cc1cc2ccn(-c3cc4c(N)c(F)ccc4cn3)c2cn1. The standard InChI is InChI=1S/C17H13FN4/c1-10-6-11-4-5-22(15(11)9-20-10)16-7-13-12(8-21-16)2-3-14(18)17(13)19/h2-9H,19H2,1H3. The monoisotopic (exact) mass is 292 g/mol. The Bertz CT molecular complexity index is 1020. The van der Waals surface area contributed by atoms with E-state index in [1.165, 1.54) is 6.07 Å². The first-order chi connectivity index (χ1) is 10.6. The van der Waals surface area contributed by atoms with Gasteiger partial charge in [0, 0.05) is 34.2 Å². The summed E-state index contributed by atoms with van der Waals surface area (Å²) in [6.45, 7) is 1.95. The highest BCUT2D eigenvalue weighted by Gasteiger charge is 2.09. The number of aromatic nitrogens is 3. The molecule has 4 nitrogen and oxygen atoms in total. The van der Waals surface area contributed by atoms with Gasteiger partial charge in [-0.05, 0) is 37.3 Å². The molecule has 0 bridgehead atoms.